The van der Waals surface area contributed by atoms with E-state index in [0.717, 1.165) is 26.1 Å². The summed E-state index contributed by atoms with van der Waals surface area (Å²) in [5, 5.41) is 3.38. The van der Waals surface area contributed by atoms with E-state index >= 15 is 0 Å². The van der Waals surface area contributed by atoms with Crippen LogP contribution in [0.4, 0.5) is 0 Å². The molecule has 0 saturated carbocycles. The van der Waals surface area contributed by atoms with E-state index in [2.05, 4.69) is 53.8 Å². The first-order valence-corrected chi connectivity index (χ1v) is 6.45. The van der Waals surface area contributed by atoms with Crippen LogP contribution in [0.5, 0.6) is 0 Å². The summed E-state index contributed by atoms with van der Waals surface area (Å²) in [6.07, 6.45) is 1.03. The fraction of sp³-hybridized carbons (Fsp3) is 0.250. The Morgan fingerprint density at radius 1 is 0.833 bits per heavy atom. The summed E-state index contributed by atoms with van der Waals surface area (Å²) < 4.78 is 0. The van der Waals surface area contributed by atoms with Crippen LogP contribution >= 0.6 is 0 Å². The van der Waals surface area contributed by atoms with Gasteiger partial charge in [0.2, 0.25) is 0 Å². The predicted octanol–water partition coefficient (Wildman–Crippen LogP) is 2.79. The van der Waals surface area contributed by atoms with Crippen molar-refractivity contribution in [3.05, 3.63) is 60.2 Å². The molecule has 2 nitrogen and oxygen atoms in total. The first-order chi connectivity index (χ1) is 8.90. The highest BCUT2D eigenvalue weighted by Crippen LogP contribution is 2.19. The van der Waals surface area contributed by atoms with Gasteiger partial charge in [-0.05, 0) is 36.2 Å². The fourth-order valence-electron chi connectivity index (χ4n) is 1.91. The zero-order chi connectivity index (χ0) is 12.6. The third-order valence-corrected chi connectivity index (χ3v) is 2.95. The number of hydrogen-bond acceptors (Lipinski definition) is 2. The predicted molar refractivity (Wildman–Crippen MR) is 77.3 cm³/mol. The van der Waals surface area contributed by atoms with Crippen LogP contribution in [0.3, 0.4) is 0 Å². The molecule has 0 aromatic heterocycles. The highest BCUT2D eigenvalue weighted by atomic mass is 14.8. The van der Waals surface area contributed by atoms with E-state index < -0.39 is 0 Å². The van der Waals surface area contributed by atoms with Crippen molar-refractivity contribution >= 4 is 0 Å². The van der Waals surface area contributed by atoms with Gasteiger partial charge in [0.25, 0.3) is 0 Å². The van der Waals surface area contributed by atoms with E-state index in [-0.39, 0.29) is 0 Å². The standard InChI is InChI=1S/C16H20N2/c17-11-4-12-18-13-14-7-9-16(10-8-14)15-5-2-1-3-6-15/h1-3,5-10,18H,4,11-13,17H2. The monoisotopic (exact) mass is 240 g/mol. The van der Waals surface area contributed by atoms with Crippen molar-refractivity contribution in [2.24, 2.45) is 5.73 Å². The Hall–Kier alpha value is -1.64. The van der Waals surface area contributed by atoms with Gasteiger partial charge < -0.3 is 11.1 Å². The zero-order valence-corrected chi connectivity index (χ0v) is 10.6. The van der Waals surface area contributed by atoms with Crippen LogP contribution in [0.2, 0.25) is 0 Å². The van der Waals surface area contributed by atoms with Crippen molar-refractivity contribution in [3.8, 4) is 11.1 Å². The molecule has 0 heterocycles. The second-order valence-electron chi connectivity index (χ2n) is 4.38. The molecule has 2 aromatic carbocycles. The van der Waals surface area contributed by atoms with Crippen LogP contribution in [0.1, 0.15) is 12.0 Å². The Balaban J connectivity index is 1.94. The van der Waals surface area contributed by atoms with Crippen LogP contribution in [-0.4, -0.2) is 13.1 Å². The quantitative estimate of drug-likeness (QED) is 0.762. The van der Waals surface area contributed by atoms with Gasteiger partial charge in [-0.15, -0.1) is 0 Å². The summed E-state index contributed by atoms with van der Waals surface area (Å²) in [5.41, 5.74) is 9.29. The van der Waals surface area contributed by atoms with E-state index in [4.69, 9.17) is 5.73 Å². The van der Waals surface area contributed by atoms with Crippen molar-refractivity contribution in [3.63, 3.8) is 0 Å². The van der Waals surface area contributed by atoms with Crippen LogP contribution in [0.25, 0.3) is 11.1 Å². The lowest BCUT2D eigenvalue weighted by atomic mass is 10.0. The van der Waals surface area contributed by atoms with E-state index in [1.165, 1.54) is 16.7 Å². The summed E-state index contributed by atoms with van der Waals surface area (Å²) >= 11 is 0. The molecule has 0 bridgehead atoms. The molecule has 0 radical (unpaired) electrons. The van der Waals surface area contributed by atoms with Gasteiger partial charge in [-0.25, -0.2) is 0 Å². The largest absolute Gasteiger partial charge is 0.330 e. The van der Waals surface area contributed by atoms with Crippen LogP contribution < -0.4 is 11.1 Å². The molecule has 0 aliphatic rings. The molecular weight excluding hydrogens is 220 g/mol. The molecule has 18 heavy (non-hydrogen) atoms. The van der Waals surface area contributed by atoms with Gasteiger partial charge in [0.05, 0.1) is 0 Å². The number of nitrogens with one attached hydrogen (secondary N) is 1. The minimum Gasteiger partial charge on any atom is -0.330 e. The number of rotatable bonds is 6. The Morgan fingerprint density at radius 3 is 2.17 bits per heavy atom. The Bertz CT molecular complexity index is 448. The summed E-state index contributed by atoms with van der Waals surface area (Å²) in [7, 11) is 0. The van der Waals surface area contributed by atoms with Crippen LogP contribution in [0.15, 0.2) is 54.6 Å². The molecule has 0 saturated heterocycles. The van der Waals surface area contributed by atoms with Gasteiger partial charge in [0.15, 0.2) is 0 Å². The van der Waals surface area contributed by atoms with Crippen LogP contribution in [-0.2, 0) is 6.54 Å². The first kappa shape index (κ1) is 12.8. The molecule has 2 heteroatoms. The number of hydrogen-bond donors (Lipinski definition) is 2. The molecule has 0 unspecified atom stereocenters. The van der Waals surface area contributed by atoms with Crippen molar-refractivity contribution in [1.29, 1.82) is 0 Å². The van der Waals surface area contributed by atoms with E-state index in [0.29, 0.717) is 0 Å². The van der Waals surface area contributed by atoms with Crippen molar-refractivity contribution in [2.75, 3.05) is 13.1 Å². The van der Waals surface area contributed by atoms with Gasteiger partial charge in [0, 0.05) is 6.54 Å². The van der Waals surface area contributed by atoms with Gasteiger partial charge in [-0.1, -0.05) is 54.6 Å². The minimum atomic E-state index is 0.750. The molecule has 2 aromatic rings. The van der Waals surface area contributed by atoms with Crippen molar-refractivity contribution < 1.29 is 0 Å². The van der Waals surface area contributed by atoms with Gasteiger partial charge in [-0.2, -0.15) is 0 Å². The first-order valence-electron chi connectivity index (χ1n) is 6.45. The van der Waals surface area contributed by atoms with Gasteiger partial charge in [-0.3, -0.25) is 0 Å². The number of nitrogens with two attached hydrogens (primary N) is 1. The van der Waals surface area contributed by atoms with E-state index in [1.54, 1.807) is 0 Å². The third-order valence-electron chi connectivity index (χ3n) is 2.95. The maximum Gasteiger partial charge on any atom is 0.0205 e. The molecule has 2 rings (SSSR count). The topological polar surface area (TPSA) is 38.0 Å². The van der Waals surface area contributed by atoms with Crippen LogP contribution in [0, 0.1) is 0 Å². The molecule has 0 fully saturated rings. The smallest absolute Gasteiger partial charge is 0.0205 e. The number of benzene rings is 2. The summed E-state index contributed by atoms with van der Waals surface area (Å²) in [5.74, 6) is 0. The Kier molecular flexibility index (Phi) is 4.94. The molecule has 0 amide bonds. The van der Waals surface area contributed by atoms with E-state index in [1.807, 2.05) is 6.07 Å². The molecule has 0 atom stereocenters. The minimum absolute atomic E-state index is 0.750. The lowest BCUT2D eigenvalue weighted by Crippen LogP contribution is -2.17. The summed E-state index contributed by atoms with van der Waals surface area (Å²) in [4.78, 5) is 0. The second-order valence-corrected chi connectivity index (χ2v) is 4.38. The highest BCUT2D eigenvalue weighted by Gasteiger charge is 1.97. The van der Waals surface area contributed by atoms with Gasteiger partial charge >= 0.3 is 0 Å². The molecule has 94 valence electrons. The third kappa shape index (κ3) is 3.69. The Labute approximate surface area is 109 Å². The maximum absolute atomic E-state index is 5.45. The average molecular weight is 240 g/mol. The highest BCUT2D eigenvalue weighted by molar-refractivity contribution is 5.63. The lowest BCUT2D eigenvalue weighted by Gasteiger charge is -2.06. The van der Waals surface area contributed by atoms with Crippen molar-refractivity contribution in [2.45, 2.75) is 13.0 Å². The molecule has 3 N–H and O–H groups in total. The molecule has 0 aliphatic heterocycles. The molecule has 0 spiro atoms. The Morgan fingerprint density at radius 2 is 1.50 bits per heavy atom. The van der Waals surface area contributed by atoms with E-state index in [9.17, 15) is 0 Å². The normalized spacial score (nSPS) is 10.5. The average Bonchev–Trinajstić information content (AvgIpc) is 2.45. The second kappa shape index (κ2) is 6.94. The molecule has 0 aliphatic carbocycles. The van der Waals surface area contributed by atoms with Crippen molar-refractivity contribution in [1.82, 2.24) is 5.32 Å². The SMILES string of the molecule is NCCCNCc1ccc(-c2ccccc2)cc1. The fourth-order valence-corrected chi connectivity index (χ4v) is 1.91. The summed E-state index contributed by atoms with van der Waals surface area (Å²) in [6, 6.07) is 19.2. The lowest BCUT2D eigenvalue weighted by molar-refractivity contribution is 0.655. The van der Waals surface area contributed by atoms with Gasteiger partial charge in [0.1, 0.15) is 0 Å². The maximum atomic E-state index is 5.45. The zero-order valence-electron chi connectivity index (χ0n) is 10.6. The molecular formula is C16H20N2. The summed E-state index contributed by atoms with van der Waals surface area (Å²) in [6.45, 7) is 2.64.